The minimum atomic E-state index is -0.349. The second-order valence-electron chi connectivity index (χ2n) is 4.57. The molecule has 110 valence electrons. The number of aliphatic hydroxyl groups is 1. The first kappa shape index (κ1) is 14.0. The highest BCUT2D eigenvalue weighted by atomic mass is 19.1. The Morgan fingerprint density at radius 2 is 2.14 bits per heavy atom. The molecule has 6 nitrogen and oxygen atoms in total. The zero-order chi connectivity index (χ0) is 15.7. The van der Waals surface area contributed by atoms with Crippen molar-refractivity contribution >= 4 is 17.0 Å². The van der Waals surface area contributed by atoms with Crippen molar-refractivity contribution < 1.29 is 9.50 Å². The van der Waals surface area contributed by atoms with Crippen LogP contribution in [0.15, 0.2) is 24.3 Å². The number of aromatic nitrogens is 4. The minimum Gasteiger partial charge on any atom is -0.384 e. The molecule has 2 heterocycles. The Morgan fingerprint density at radius 1 is 1.32 bits per heavy atom. The summed E-state index contributed by atoms with van der Waals surface area (Å²) in [6.45, 7) is -0.290. The number of imidazole rings is 1. The Morgan fingerprint density at radius 3 is 2.86 bits per heavy atom. The number of anilines is 1. The van der Waals surface area contributed by atoms with Gasteiger partial charge in [0.05, 0.1) is 0 Å². The van der Waals surface area contributed by atoms with Crippen molar-refractivity contribution in [3.63, 3.8) is 0 Å². The van der Waals surface area contributed by atoms with E-state index in [0.717, 1.165) is 0 Å². The van der Waals surface area contributed by atoms with Gasteiger partial charge in [0.25, 0.3) is 0 Å². The Kier molecular flexibility index (Phi) is 3.45. The van der Waals surface area contributed by atoms with Gasteiger partial charge in [0.1, 0.15) is 18.2 Å². The summed E-state index contributed by atoms with van der Waals surface area (Å²) in [5.41, 5.74) is 7.42. The van der Waals surface area contributed by atoms with Gasteiger partial charge in [0.2, 0.25) is 5.82 Å². The number of nitrogen functional groups attached to an aromatic ring is 1. The van der Waals surface area contributed by atoms with Crippen LogP contribution in [0.2, 0.25) is 0 Å². The second-order valence-corrected chi connectivity index (χ2v) is 4.57. The molecular weight excluding hydrogens is 285 g/mol. The van der Waals surface area contributed by atoms with Crippen LogP contribution in [0.4, 0.5) is 10.2 Å². The predicted molar refractivity (Wildman–Crippen MR) is 80.1 cm³/mol. The van der Waals surface area contributed by atoms with Crippen LogP contribution in [-0.4, -0.2) is 31.2 Å². The van der Waals surface area contributed by atoms with E-state index < -0.39 is 0 Å². The lowest BCUT2D eigenvalue weighted by atomic mass is 10.2. The number of nitrogens with two attached hydrogens (primary N) is 1. The summed E-state index contributed by atoms with van der Waals surface area (Å²) in [5.74, 6) is 5.65. The van der Waals surface area contributed by atoms with Gasteiger partial charge in [-0.15, -0.1) is 0 Å². The van der Waals surface area contributed by atoms with E-state index in [1.165, 1.54) is 12.1 Å². The van der Waals surface area contributed by atoms with Crippen LogP contribution < -0.4 is 5.73 Å². The van der Waals surface area contributed by atoms with E-state index in [-0.39, 0.29) is 24.1 Å². The van der Waals surface area contributed by atoms with E-state index in [0.29, 0.717) is 22.6 Å². The molecule has 0 saturated carbocycles. The molecule has 0 aliphatic carbocycles. The van der Waals surface area contributed by atoms with Crippen molar-refractivity contribution in [2.24, 2.45) is 7.05 Å². The average molecular weight is 297 g/mol. The quantitative estimate of drug-likeness (QED) is 0.656. The lowest BCUT2D eigenvalue weighted by molar-refractivity contribution is 0.350. The van der Waals surface area contributed by atoms with E-state index in [2.05, 4.69) is 26.8 Å². The summed E-state index contributed by atoms with van der Waals surface area (Å²) in [6.07, 6.45) is 0. The van der Waals surface area contributed by atoms with Crippen LogP contribution in [0.5, 0.6) is 0 Å². The fourth-order valence-electron chi connectivity index (χ4n) is 2.14. The van der Waals surface area contributed by atoms with Crippen molar-refractivity contribution in [2.75, 3.05) is 12.3 Å². The third kappa shape index (κ3) is 2.36. The molecule has 0 atom stereocenters. The van der Waals surface area contributed by atoms with E-state index >= 15 is 0 Å². The molecule has 0 unspecified atom stereocenters. The van der Waals surface area contributed by atoms with Gasteiger partial charge in [-0.3, -0.25) is 0 Å². The molecule has 7 heteroatoms. The van der Waals surface area contributed by atoms with Crippen LogP contribution in [-0.2, 0) is 7.05 Å². The largest absolute Gasteiger partial charge is 0.384 e. The number of hydrogen-bond acceptors (Lipinski definition) is 5. The highest BCUT2D eigenvalue weighted by Crippen LogP contribution is 2.25. The summed E-state index contributed by atoms with van der Waals surface area (Å²) < 4.78 is 15.1. The molecule has 1 aromatic carbocycles. The SMILES string of the molecule is Cn1c(-c2cccc(F)c2)nc2c(N)nc(C#CCO)nc21. The smallest absolute Gasteiger partial charge is 0.209 e. The standard InChI is InChI=1S/C15H12FN5O/c1-21-14(9-4-2-5-10(16)8-9)20-12-13(17)18-11(6-3-7-22)19-15(12)21/h2,4-5,8,22H,7H2,1H3,(H2,17,18,19). The van der Waals surface area contributed by atoms with Crippen molar-refractivity contribution in [3.8, 4) is 23.2 Å². The number of hydrogen-bond donors (Lipinski definition) is 2. The first-order valence-corrected chi connectivity index (χ1v) is 6.45. The molecule has 0 fully saturated rings. The molecule has 2 aromatic heterocycles. The molecule has 22 heavy (non-hydrogen) atoms. The molecule has 3 N–H and O–H groups in total. The molecule has 0 saturated heterocycles. The molecule has 0 bridgehead atoms. The summed E-state index contributed by atoms with van der Waals surface area (Å²) in [7, 11) is 1.76. The summed E-state index contributed by atoms with van der Waals surface area (Å²) in [4.78, 5) is 12.7. The van der Waals surface area contributed by atoms with Gasteiger partial charge in [0, 0.05) is 12.6 Å². The van der Waals surface area contributed by atoms with Crippen molar-refractivity contribution in [2.45, 2.75) is 0 Å². The van der Waals surface area contributed by atoms with Crippen molar-refractivity contribution in [1.29, 1.82) is 0 Å². The second kappa shape index (κ2) is 5.42. The summed E-state index contributed by atoms with van der Waals surface area (Å²) in [5, 5.41) is 8.73. The first-order valence-electron chi connectivity index (χ1n) is 6.45. The number of aryl methyl sites for hydroxylation is 1. The van der Waals surface area contributed by atoms with Gasteiger partial charge in [-0.25, -0.2) is 19.3 Å². The van der Waals surface area contributed by atoms with E-state index in [1.807, 2.05) is 0 Å². The monoisotopic (exact) mass is 297 g/mol. The maximum atomic E-state index is 13.4. The lowest BCUT2D eigenvalue weighted by Crippen LogP contribution is -2.00. The first-order chi connectivity index (χ1) is 10.6. The predicted octanol–water partition coefficient (Wildman–Crippen LogP) is 1.10. The average Bonchev–Trinajstić information content (AvgIpc) is 2.83. The Bertz CT molecular complexity index is 923. The van der Waals surface area contributed by atoms with Crippen LogP contribution in [0.25, 0.3) is 22.6 Å². The highest BCUT2D eigenvalue weighted by molar-refractivity contribution is 5.85. The normalized spacial score (nSPS) is 10.5. The summed E-state index contributed by atoms with van der Waals surface area (Å²) in [6, 6.07) is 6.11. The zero-order valence-electron chi connectivity index (χ0n) is 11.7. The fraction of sp³-hybridized carbons (Fsp3) is 0.133. The minimum absolute atomic E-state index is 0.186. The zero-order valence-corrected chi connectivity index (χ0v) is 11.7. The maximum Gasteiger partial charge on any atom is 0.209 e. The molecular formula is C15H12FN5O. The van der Waals surface area contributed by atoms with Crippen LogP contribution in [0.1, 0.15) is 5.82 Å². The van der Waals surface area contributed by atoms with Crippen LogP contribution in [0, 0.1) is 17.7 Å². The van der Waals surface area contributed by atoms with Crippen molar-refractivity contribution in [3.05, 3.63) is 35.9 Å². The third-order valence-corrected chi connectivity index (χ3v) is 3.11. The number of halogens is 1. The molecule has 0 aliphatic rings. The molecule has 0 amide bonds. The topological polar surface area (TPSA) is 89.9 Å². The molecule has 3 rings (SSSR count). The number of rotatable bonds is 1. The maximum absolute atomic E-state index is 13.4. The van der Waals surface area contributed by atoms with Crippen LogP contribution in [0.3, 0.4) is 0 Å². The van der Waals surface area contributed by atoms with Crippen molar-refractivity contribution in [1.82, 2.24) is 19.5 Å². The number of nitrogens with zero attached hydrogens (tertiary/aromatic N) is 4. The Hall–Kier alpha value is -2.98. The fourth-order valence-corrected chi connectivity index (χ4v) is 2.14. The highest BCUT2D eigenvalue weighted by Gasteiger charge is 2.15. The molecule has 3 aromatic rings. The van der Waals surface area contributed by atoms with E-state index in [1.54, 1.807) is 23.7 Å². The van der Waals surface area contributed by atoms with Gasteiger partial charge in [-0.2, -0.15) is 0 Å². The number of fused-ring (bicyclic) bond motifs is 1. The number of aliphatic hydroxyl groups excluding tert-OH is 1. The van der Waals surface area contributed by atoms with Gasteiger partial charge < -0.3 is 15.4 Å². The molecule has 0 radical (unpaired) electrons. The van der Waals surface area contributed by atoms with Gasteiger partial charge in [0.15, 0.2) is 17.0 Å². The van der Waals surface area contributed by atoms with Gasteiger partial charge in [-0.1, -0.05) is 18.1 Å². The molecule has 0 aliphatic heterocycles. The Balaban J connectivity index is 2.23. The summed E-state index contributed by atoms with van der Waals surface area (Å²) >= 11 is 0. The van der Waals surface area contributed by atoms with E-state index in [9.17, 15) is 4.39 Å². The van der Waals surface area contributed by atoms with Gasteiger partial charge in [-0.05, 0) is 18.1 Å². The Labute approximate surface area is 125 Å². The van der Waals surface area contributed by atoms with E-state index in [4.69, 9.17) is 10.8 Å². The van der Waals surface area contributed by atoms with Crippen LogP contribution >= 0.6 is 0 Å². The lowest BCUT2D eigenvalue weighted by Gasteiger charge is -2.02. The van der Waals surface area contributed by atoms with Gasteiger partial charge >= 0.3 is 0 Å². The number of benzene rings is 1. The third-order valence-electron chi connectivity index (χ3n) is 3.11. The molecule has 0 spiro atoms.